The molecule has 1 N–H and O–H groups in total. The molecule has 2 saturated heterocycles. The first-order chi connectivity index (χ1) is 11.7. The first kappa shape index (κ1) is 16.8. The van der Waals surface area contributed by atoms with Gasteiger partial charge < -0.3 is 24.3 Å². The molecule has 7 nitrogen and oxygen atoms in total. The molecule has 0 radical (unpaired) electrons. The molecule has 0 unspecified atom stereocenters. The third-order valence-corrected chi connectivity index (χ3v) is 4.75. The summed E-state index contributed by atoms with van der Waals surface area (Å²) in [5, 5.41) is 2.96. The molecule has 0 saturated carbocycles. The molecule has 2 atom stereocenters. The van der Waals surface area contributed by atoms with Crippen LogP contribution in [0.15, 0.2) is 23.0 Å². The van der Waals surface area contributed by atoms with Crippen LogP contribution >= 0.6 is 0 Å². The lowest BCUT2D eigenvalue weighted by Gasteiger charge is -2.41. The number of fused-ring (bicyclic) bond motifs is 1. The highest BCUT2D eigenvalue weighted by Gasteiger charge is 2.38. The summed E-state index contributed by atoms with van der Waals surface area (Å²) in [5.41, 5.74) is 0.570. The summed E-state index contributed by atoms with van der Waals surface area (Å²) in [5.74, 6) is 0.123. The van der Waals surface area contributed by atoms with E-state index < -0.39 is 0 Å². The predicted molar refractivity (Wildman–Crippen MR) is 87.7 cm³/mol. The zero-order valence-corrected chi connectivity index (χ0v) is 14.1. The highest BCUT2D eigenvalue weighted by atomic mass is 16.5. The number of carbonyl (C=O) groups is 2. The first-order valence-electron chi connectivity index (χ1n) is 8.64. The van der Waals surface area contributed by atoms with Gasteiger partial charge in [-0.15, -0.1) is 0 Å². The van der Waals surface area contributed by atoms with Crippen molar-refractivity contribution in [3.05, 3.63) is 24.2 Å². The van der Waals surface area contributed by atoms with Gasteiger partial charge >= 0.3 is 6.03 Å². The summed E-state index contributed by atoms with van der Waals surface area (Å²) in [6.07, 6.45) is 4.67. The molecule has 3 rings (SSSR count). The summed E-state index contributed by atoms with van der Waals surface area (Å²) in [7, 11) is 0. The molecule has 0 aliphatic carbocycles. The number of nitrogens with zero attached hydrogens (tertiary/aromatic N) is 2. The number of ether oxygens (including phenoxy) is 1. The third kappa shape index (κ3) is 3.56. The van der Waals surface area contributed by atoms with Crippen molar-refractivity contribution in [2.45, 2.75) is 25.8 Å². The van der Waals surface area contributed by atoms with Crippen LogP contribution in [0.1, 0.15) is 30.1 Å². The molecule has 24 heavy (non-hydrogen) atoms. The van der Waals surface area contributed by atoms with E-state index in [0.717, 1.165) is 12.8 Å². The number of hydrogen-bond donors (Lipinski definition) is 1. The number of amides is 3. The highest BCUT2D eigenvalue weighted by molar-refractivity contribution is 5.93. The van der Waals surface area contributed by atoms with E-state index in [9.17, 15) is 9.59 Å². The van der Waals surface area contributed by atoms with Crippen LogP contribution in [0.4, 0.5) is 4.79 Å². The molecule has 7 heteroatoms. The van der Waals surface area contributed by atoms with Gasteiger partial charge in [0.15, 0.2) is 0 Å². The van der Waals surface area contributed by atoms with E-state index in [4.69, 9.17) is 9.15 Å². The minimum absolute atomic E-state index is 0.0200. The number of hydrogen-bond acceptors (Lipinski definition) is 4. The summed E-state index contributed by atoms with van der Waals surface area (Å²) in [6.45, 7) is 5.69. The Labute approximate surface area is 141 Å². The maximum absolute atomic E-state index is 12.5. The molecular formula is C17H25N3O4. The second-order valence-electron chi connectivity index (χ2n) is 6.38. The van der Waals surface area contributed by atoms with Gasteiger partial charge in [0.1, 0.15) is 6.26 Å². The van der Waals surface area contributed by atoms with Gasteiger partial charge in [0.05, 0.1) is 25.0 Å². The molecule has 0 bridgehead atoms. The van der Waals surface area contributed by atoms with Crippen LogP contribution in [0, 0.1) is 5.92 Å². The van der Waals surface area contributed by atoms with E-state index in [1.165, 1.54) is 12.5 Å². The summed E-state index contributed by atoms with van der Waals surface area (Å²) >= 11 is 0. The molecule has 1 aromatic heterocycles. The molecular weight excluding hydrogens is 310 g/mol. The summed E-state index contributed by atoms with van der Waals surface area (Å²) < 4.78 is 10.7. The van der Waals surface area contributed by atoms with Gasteiger partial charge in [-0.2, -0.15) is 0 Å². The largest absolute Gasteiger partial charge is 0.472 e. The predicted octanol–water partition coefficient (Wildman–Crippen LogP) is 1.56. The number of furan rings is 1. The number of piperidine rings is 1. The molecule has 0 spiro atoms. The monoisotopic (exact) mass is 335 g/mol. The normalized spacial score (nSPS) is 24.2. The van der Waals surface area contributed by atoms with Crippen molar-refractivity contribution in [3.8, 4) is 0 Å². The van der Waals surface area contributed by atoms with Crippen molar-refractivity contribution in [3.63, 3.8) is 0 Å². The van der Waals surface area contributed by atoms with Crippen LogP contribution in [0.2, 0.25) is 0 Å². The Hall–Kier alpha value is -2.02. The zero-order valence-electron chi connectivity index (χ0n) is 14.1. The van der Waals surface area contributed by atoms with Gasteiger partial charge in [0.25, 0.3) is 5.91 Å². The van der Waals surface area contributed by atoms with E-state index in [0.29, 0.717) is 45.0 Å². The summed E-state index contributed by atoms with van der Waals surface area (Å²) in [4.78, 5) is 28.7. The van der Waals surface area contributed by atoms with Crippen molar-refractivity contribution in [1.29, 1.82) is 0 Å². The topological polar surface area (TPSA) is 75.0 Å². The standard InChI is InChI=1S/C17H25N3O4/c1-2-5-18-17(22)20-7-9-24-12-14-10-19(6-3-15(14)20)16(21)13-4-8-23-11-13/h4,8,11,14-15H,2-3,5-7,9-10,12H2,1H3,(H,18,22)/t14-,15-/m1/s1. The molecule has 2 aliphatic rings. The smallest absolute Gasteiger partial charge is 0.317 e. The highest BCUT2D eigenvalue weighted by Crippen LogP contribution is 2.26. The fraction of sp³-hybridized carbons (Fsp3) is 0.647. The van der Waals surface area contributed by atoms with Crippen LogP contribution < -0.4 is 5.32 Å². The van der Waals surface area contributed by atoms with Crippen molar-refractivity contribution in [2.24, 2.45) is 5.92 Å². The second kappa shape index (κ2) is 7.70. The van der Waals surface area contributed by atoms with Crippen molar-refractivity contribution < 1.29 is 18.7 Å². The number of urea groups is 1. The Balaban J connectivity index is 1.67. The van der Waals surface area contributed by atoms with Crippen LogP contribution in [0.3, 0.4) is 0 Å². The van der Waals surface area contributed by atoms with Gasteiger partial charge in [-0.1, -0.05) is 6.92 Å². The van der Waals surface area contributed by atoms with Gasteiger partial charge in [-0.3, -0.25) is 4.79 Å². The lowest BCUT2D eigenvalue weighted by Crippen LogP contribution is -2.56. The number of carbonyl (C=O) groups excluding carboxylic acids is 2. The fourth-order valence-electron chi connectivity index (χ4n) is 3.50. The van der Waals surface area contributed by atoms with Crippen LogP contribution in [0.25, 0.3) is 0 Å². The number of rotatable bonds is 3. The molecule has 132 valence electrons. The zero-order chi connectivity index (χ0) is 16.9. The third-order valence-electron chi connectivity index (χ3n) is 4.75. The molecule has 2 aliphatic heterocycles. The minimum Gasteiger partial charge on any atom is -0.472 e. The Morgan fingerprint density at radius 3 is 3.00 bits per heavy atom. The van der Waals surface area contributed by atoms with E-state index in [1.807, 2.05) is 16.7 Å². The van der Waals surface area contributed by atoms with E-state index in [2.05, 4.69) is 5.32 Å². The SMILES string of the molecule is CCCNC(=O)N1CCOC[C@H]2CN(C(=O)c3ccoc3)CC[C@H]21. The van der Waals surface area contributed by atoms with Crippen molar-refractivity contribution in [1.82, 2.24) is 15.1 Å². The van der Waals surface area contributed by atoms with Gasteiger partial charge in [-0.25, -0.2) is 4.79 Å². The first-order valence-corrected chi connectivity index (χ1v) is 8.64. The van der Waals surface area contributed by atoms with Gasteiger partial charge in [0.2, 0.25) is 0 Å². The molecule has 3 amide bonds. The average Bonchev–Trinajstić information content (AvgIpc) is 3.05. The van der Waals surface area contributed by atoms with Crippen molar-refractivity contribution >= 4 is 11.9 Å². The van der Waals surface area contributed by atoms with E-state index in [1.54, 1.807) is 6.07 Å². The van der Waals surface area contributed by atoms with Crippen LogP contribution in [-0.2, 0) is 4.74 Å². The maximum atomic E-state index is 12.5. The Kier molecular flexibility index (Phi) is 5.40. The maximum Gasteiger partial charge on any atom is 0.317 e. The molecule has 1 aromatic rings. The van der Waals surface area contributed by atoms with Crippen LogP contribution in [-0.4, -0.2) is 67.2 Å². The van der Waals surface area contributed by atoms with E-state index >= 15 is 0 Å². The summed E-state index contributed by atoms with van der Waals surface area (Å²) in [6, 6.07) is 1.78. The quantitative estimate of drug-likeness (QED) is 0.910. The fourth-order valence-corrected chi connectivity index (χ4v) is 3.50. The van der Waals surface area contributed by atoms with Crippen LogP contribution in [0.5, 0.6) is 0 Å². The second-order valence-corrected chi connectivity index (χ2v) is 6.38. The molecule has 2 fully saturated rings. The van der Waals surface area contributed by atoms with Crippen molar-refractivity contribution in [2.75, 3.05) is 39.4 Å². The van der Waals surface area contributed by atoms with Gasteiger partial charge in [0, 0.05) is 38.1 Å². The Morgan fingerprint density at radius 2 is 2.25 bits per heavy atom. The van der Waals surface area contributed by atoms with Gasteiger partial charge in [-0.05, 0) is 18.9 Å². The minimum atomic E-state index is -0.0213. The lowest BCUT2D eigenvalue weighted by atomic mass is 9.91. The average molecular weight is 335 g/mol. The molecule has 0 aromatic carbocycles. The lowest BCUT2D eigenvalue weighted by molar-refractivity contribution is 0.0431. The number of likely N-dealkylation sites (tertiary alicyclic amines) is 1. The Bertz CT molecular complexity index is 560. The Morgan fingerprint density at radius 1 is 1.38 bits per heavy atom. The number of nitrogens with one attached hydrogen (secondary N) is 1. The molecule has 3 heterocycles. The van der Waals surface area contributed by atoms with E-state index in [-0.39, 0.29) is 23.9 Å².